The number of benzene rings is 1. The van der Waals surface area contributed by atoms with Gasteiger partial charge >= 0.3 is 0 Å². The van der Waals surface area contributed by atoms with Crippen molar-refractivity contribution in [3.8, 4) is 0 Å². The van der Waals surface area contributed by atoms with Crippen LogP contribution in [0.1, 0.15) is 28.0 Å². The predicted octanol–water partition coefficient (Wildman–Crippen LogP) is 2.48. The summed E-state index contributed by atoms with van der Waals surface area (Å²) in [5.41, 5.74) is 2.72. The van der Waals surface area contributed by atoms with Gasteiger partial charge in [0.15, 0.2) is 5.13 Å². The molecule has 1 saturated heterocycles. The van der Waals surface area contributed by atoms with Crippen molar-refractivity contribution in [3.05, 3.63) is 40.4 Å². The number of aryl methyl sites for hydroxylation is 2. The minimum atomic E-state index is -3.40. The number of carbonyl (C=O) groups excluding carboxylic acids is 1. The van der Waals surface area contributed by atoms with E-state index in [0.29, 0.717) is 24.3 Å². The smallest absolute Gasteiger partial charge is 0.253 e. The Hall–Kier alpha value is -2.13. The van der Waals surface area contributed by atoms with Gasteiger partial charge in [-0.05, 0) is 38.0 Å². The van der Waals surface area contributed by atoms with Gasteiger partial charge in [-0.25, -0.2) is 13.4 Å². The van der Waals surface area contributed by atoms with E-state index in [-0.39, 0.29) is 5.91 Å². The zero-order valence-corrected chi connectivity index (χ0v) is 17.4. The average Bonchev–Trinajstić information content (AvgIpc) is 2.88. The summed E-state index contributed by atoms with van der Waals surface area (Å²) < 4.78 is 25.6. The molecule has 0 bridgehead atoms. The largest absolute Gasteiger partial charge is 0.346 e. The van der Waals surface area contributed by atoms with Crippen LogP contribution in [0.25, 0.3) is 0 Å². The molecular formula is C18H24N4O3S2. The molecule has 0 unspecified atom stereocenters. The molecule has 1 aromatic carbocycles. The van der Waals surface area contributed by atoms with Gasteiger partial charge in [-0.1, -0.05) is 6.07 Å². The molecule has 7 nitrogen and oxygen atoms in total. The Balaban J connectivity index is 1.73. The summed E-state index contributed by atoms with van der Waals surface area (Å²) in [6.07, 6.45) is 1.97. The monoisotopic (exact) mass is 408 g/mol. The zero-order valence-electron chi connectivity index (χ0n) is 15.7. The normalized spacial score (nSPS) is 15.5. The highest BCUT2D eigenvalue weighted by molar-refractivity contribution is 7.92. The first-order chi connectivity index (χ1) is 12.7. The second-order valence-electron chi connectivity index (χ2n) is 6.81. The predicted molar refractivity (Wildman–Crippen MR) is 109 cm³/mol. The van der Waals surface area contributed by atoms with Gasteiger partial charge in [-0.15, -0.1) is 11.3 Å². The molecule has 1 aliphatic rings. The van der Waals surface area contributed by atoms with Crippen LogP contribution in [0.3, 0.4) is 0 Å². The highest BCUT2D eigenvalue weighted by atomic mass is 32.2. The van der Waals surface area contributed by atoms with Crippen molar-refractivity contribution in [1.29, 1.82) is 0 Å². The Bertz CT molecular complexity index is 940. The molecule has 1 N–H and O–H groups in total. The van der Waals surface area contributed by atoms with Gasteiger partial charge in [0.1, 0.15) is 0 Å². The number of nitrogens with one attached hydrogen (secondary N) is 1. The van der Waals surface area contributed by atoms with Crippen molar-refractivity contribution < 1.29 is 13.2 Å². The van der Waals surface area contributed by atoms with Gasteiger partial charge in [-0.3, -0.25) is 9.52 Å². The minimum Gasteiger partial charge on any atom is -0.346 e. The molecule has 0 aliphatic carbocycles. The van der Waals surface area contributed by atoms with Gasteiger partial charge < -0.3 is 9.80 Å². The second kappa shape index (κ2) is 7.85. The standard InChI is InChI=1S/C18H24N4O3S2/c1-13-5-6-15(11-16(13)20-27(3,24)25)17(23)21-7-4-8-22(10-9-21)18-19-14(2)12-26-18/h5-6,11-12,20H,4,7-10H2,1-3H3. The molecule has 1 fully saturated rings. The Morgan fingerprint density at radius 3 is 2.63 bits per heavy atom. The average molecular weight is 409 g/mol. The van der Waals surface area contributed by atoms with E-state index in [0.717, 1.165) is 42.2 Å². The van der Waals surface area contributed by atoms with Crippen molar-refractivity contribution in [2.75, 3.05) is 42.1 Å². The van der Waals surface area contributed by atoms with Gasteiger partial charge in [-0.2, -0.15) is 0 Å². The number of thiazole rings is 1. The first kappa shape index (κ1) is 19.6. The first-order valence-electron chi connectivity index (χ1n) is 8.78. The number of anilines is 2. The maximum atomic E-state index is 12.9. The Morgan fingerprint density at radius 2 is 1.96 bits per heavy atom. The van der Waals surface area contributed by atoms with Crippen molar-refractivity contribution in [2.45, 2.75) is 20.3 Å². The second-order valence-corrected chi connectivity index (χ2v) is 9.39. The zero-order chi connectivity index (χ0) is 19.6. The third kappa shape index (κ3) is 4.98. The molecule has 0 spiro atoms. The van der Waals surface area contributed by atoms with E-state index in [1.165, 1.54) is 0 Å². The van der Waals surface area contributed by atoms with Crippen LogP contribution in [-0.4, -0.2) is 56.6 Å². The number of amides is 1. The summed E-state index contributed by atoms with van der Waals surface area (Å²) in [5, 5.41) is 3.03. The van der Waals surface area contributed by atoms with Crippen LogP contribution in [-0.2, 0) is 10.0 Å². The number of sulfonamides is 1. The molecule has 0 radical (unpaired) electrons. The first-order valence-corrected chi connectivity index (χ1v) is 11.5. The molecule has 2 heterocycles. The van der Waals surface area contributed by atoms with Crippen LogP contribution >= 0.6 is 11.3 Å². The number of hydrogen-bond acceptors (Lipinski definition) is 6. The maximum absolute atomic E-state index is 12.9. The number of rotatable bonds is 4. The van der Waals surface area contributed by atoms with Crippen molar-refractivity contribution in [3.63, 3.8) is 0 Å². The Morgan fingerprint density at radius 1 is 1.19 bits per heavy atom. The lowest BCUT2D eigenvalue weighted by molar-refractivity contribution is 0.0767. The van der Waals surface area contributed by atoms with Crippen molar-refractivity contribution in [1.82, 2.24) is 9.88 Å². The van der Waals surface area contributed by atoms with E-state index in [1.807, 2.05) is 24.1 Å². The SMILES string of the molecule is Cc1csc(N2CCCN(C(=O)c3ccc(C)c(NS(C)(=O)=O)c3)CC2)n1. The van der Waals surface area contributed by atoms with Crippen molar-refractivity contribution >= 4 is 38.1 Å². The van der Waals surface area contributed by atoms with Gasteiger partial charge in [0, 0.05) is 37.1 Å². The fraction of sp³-hybridized carbons (Fsp3) is 0.444. The van der Waals surface area contributed by atoms with Gasteiger partial charge in [0.25, 0.3) is 5.91 Å². The summed E-state index contributed by atoms with van der Waals surface area (Å²) in [6, 6.07) is 5.13. The summed E-state index contributed by atoms with van der Waals surface area (Å²) in [4.78, 5) is 21.5. The van der Waals surface area contributed by atoms with Crippen LogP contribution in [0.5, 0.6) is 0 Å². The molecule has 1 amide bonds. The van der Waals surface area contributed by atoms with E-state index < -0.39 is 10.0 Å². The number of hydrogen-bond donors (Lipinski definition) is 1. The summed E-state index contributed by atoms with van der Waals surface area (Å²) in [5.74, 6) is -0.0799. The van der Waals surface area contributed by atoms with Crippen LogP contribution in [0, 0.1) is 13.8 Å². The molecule has 3 rings (SSSR count). The molecule has 9 heteroatoms. The lowest BCUT2D eigenvalue weighted by atomic mass is 10.1. The van der Waals surface area contributed by atoms with E-state index in [4.69, 9.17) is 0 Å². The van der Waals surface area contributed by atoms with Gasteiger partial charge in [0.2, 0.25) is 10.0 Å². The third-order valence-corrected chi connectivity index (χ3v) is 6.05. The minimum absolute atomic E-state index is 0.0799. The van der Waals surface area contributed by atoms with Crippen LogP contribution in [0.15, 0.2) is 23.6 Å². The van der Waals surface area contributed by atoms with Crippen LogP contribution < -0.4 is 9.62 Å². The highest BCUT2D eigenvalue weighted by Gasteiger charge is 2.22. The van der Waals surface area contributed by atoms with Gasteiger partial charge in [0.05, 0.1) is 17.6 Å². The quantitative estimate of drug-likeness (QED) is 0.840. The molecule has 0 saturated carbocycles. The number of nitrogens with zero attached hydrogens (tertiary/aromatic N) is 3. The lowest BCUT2D eigenvalue weighted by Gasteiger charge is -2.22. The molecule has 146 valence electrons. The topological polar surface area (TPSA) is 82.6 Å². The fourth-order valence-electron chi connectivity index (χ4n) is 3.05. The highest BCUT2D eigenvalue weighted by Crippen LogP contribution is 2.23. The maximum Gasteiger partial charge on any atom is 0.253 e. The van der Waals surface area contributed by atoms with E-state index >= 15 is 0 Å². The number of aromatic nitrogens is 1. The van der Waals surface area contributed by atoms with Crippen LogP contribution in [0.2, 0.25) is 0 Å². The van der Waals surface area contributed by atoms with Crippen molar-refractivity contribution in [2.24, 2.45) is 0 Å². The van der Waals surface area contributed by atoms with E-state index in [9.17, 15) is 13.2 Å². The molecule has 1 aromatic heterocycles. The molecule has 27 heavy (non-hydrogen) atoms. The lowest BCUT2D eigenvalue weighted by Crippen LogP contribution is -2.35. The number of carbonyl (C=O) groups is 1. The summed E-state index contributed by atoms with van der Waals surface area (Å²) in [7, 11) is -3.40. The Kier molecular flexibility index (Phi) is 5.71. The van der Waals surface area contributed by atoms with Crippen LogP contribution in [0.4, 0.5) is 10.8 Å². The summed E-state index contributed by atoms with van der Waals surface area (Å²) >= 11 is 1.63. The fourth-order valence-corrected chi connectivity index (χ4v) is 4.52. The molecule has 2 aromatic rings. The molecule has 1 aliphatic heterocycles. The Labute approximate surface area is 164 Å². The summed E-state index contributed by atoms with van der Waals surface area (Å²) in [6.45, 7) is 6.67. The molecular weight excluding hydrogens is 384 g/mol. The van der Waals surface area contributed by atoms with E-state index in [1.54, 1.807) is 29.5 Å². The van der Waals surface area contributed by atoms with E-state index in [2.05, 4.69) is 14.6 Å². The molecule has 0 atom stereocenters. The third-order valence-electron chi connectivity index (χ3n) is 4.44.